The van der Waals surface area contributed by atoms with Crippen LogP contribution in [-0.2, 0) is 6.61 Å². The van der Waals surface area contributed by atoms with E-state index in [4.69, 9.17) is 16.2 Å². The summed E-state index contributed by atoms with van der Waals surface area (Å²) in [6.07, 6.45) is 0. The average molecular weight is 256 g/mol. The van der Waals surface area contributed by atoms with Crippen LogP contribution < -0.4 is 16.2 Å². The first kappa shape index (κ1) is 13.0. The van der Waals surface area contributed by atoms with Crippen molar-refractivity contribution in [3.63, 3.8) is 0 Å². The van der Waals surface area contributed by atoms with Crippen LogP contribution >= 0.6 is 0 Å². The smallest absolute Gasteiger partial charge is 0.249 e. The highest BCUT2D eigenvalue weighted by Crippen LogP contribution is 2.20. The van der Waals surface area contributed by atoms with Gasteiger partial charge >= 0.3 is 0 Å². The van der Waals surface area contributed by atoms with Crippen LogP contribution in [-0.4, -0.2) is 5.91 Å². The van der Waals surface area contributed by atoms with Gasteiger partial charge in [0.2, 0.25) is 5.91 Å². The van der Waals surface area contributed by atoms with Gasteiger partial charge in [-0.2, -0.15) is 0 Å². The predicted octanol–water partition coefficient (Wildman–Crippen LogP) is 2.26. The number of ether oxygens (including phenoxy) is 1. The first-order valence-electron chi connectivity index (χ1n) is 5.94. The van der Waals surface area contributed by atoms with E-state index in [0.29, 0.717) is 17.9 Å². The van der Waals surface area contributed by atoms with E-state index in [-0.39, 0.29) is 0 Å². The minimum Gasteiger partial charge on any atom is -0.489 e. The van der Waals surface area contributed by atoms with Crippen molar-refractivity contribution in [2.75, 3.05) is 5.73 Å². The maximum Gasteiger partial charge on any atom is 0.249 e. The second-order valence-corrected chi connectivity index (χ2v) is 4.33. The van der Waals surface area contributed by atoms with Gasteiger partial charge < -0.3 is 16.2 Å². The van der Waals surface area contributed by atoms with Crippen molar-refractivity contribution >= 4 is 11.6 Å². The van der Waals surface area contributed by atoms with Crippen molar-refractivity contribution in [2.45, 2.75) is 13.5 Å². The molecule has 0 unspecified atom stereocenters. The highest BCUT2D eigenvalue weighted by molar-refractivity contribution is 5.94. The highest BCUT2D eigenvalue weighted by atomic mass is 16.5. The minimum atomic E-state index is -0.451. The summed E-state index contributed by atoms with van der Waals surface area (Å²) in [6.45, 7) is 2.21. The normalized spacial score (nSPS) is 10.2. The first-order valence-corrected chi connectivity index (χ1v) is 5.94. The third-order valence-electron chi connectivity index (χ3n) is 2.92. The van der Waals surface area contributed by atoms with Gasteiger partial charge in [0.15, 0.2) is 0 Å². The van der Waals surface area contributed by atoms with Crippen molar-refractivity contribution in [3.8, 4) is 5.75 Å². The number of carbonyl (C=O) groups excluding carboxylic acids is 1. The van der Waals surface area contributed by atoms with Gasteiger partial charge in [-0.15, -0.1) is 0 Å². The lowest BCUT2D eigenvalue weighted by molar-refractivity contribution is 0.0998. The van der Waals surface area contributed by atoms with Crippen molar-refractivity contribution in [1.29, 1.82) is 0 Å². The lowest BCUT2D eigenvalue weighted by Gasteiger charge is -2.10. The van der Waals surface area contributed by atoms with Crippen LogP contribution in [0.25, 0.3) is 0 Å². The van der Waals surface area contributed by atoms with Gasteiger partial charge in [-0.1, -0.05) is 18.2 Å². The Balaban J connectivity index is 2.14. The van der Waals surface area contributed by atoms with Crippen molar-refractivity contribution in [2.24, 2.45) is 5.73 Å². The van der Waals surface area contributed by atoms with Gasteiger partial charge in [-0.25, -0.2) is 0 Å². The molecular formula is C15H16N2O2. The molecule has 0 aliphatic heterocycles. The van der Waals surface area contributed by atoms with E-state index in [0.717, 1.165) is 16.8 Å². The molecule has 0 aliphatic carbocycles. The fraction of sp³-hybridized carbons (Fsp3) is 0.133. The SMILES string of the molecule is Cc1cc(OCc2ccccc2C(N)=O)ccc1N. The molecule has 0 aliphatic rings. The van der Waals surface area contributed by atoms with Crippen LogP contribution in [0.2, 0.25) is 0 Å². The number of benzene rings is 2. The number of rotatable bonds is 4. The Morgan fingerprint density at radius 3 is 2.63 bits per heavy atom. The lowest BCUT2D eigenvalue weighted by atomic mass is 10.1. The molecule has 4 heteroatoms. The number of hydrogen-bond donors (Lipinski definition) is 2. The summed E-state index contributed by atoms with van der Waals surface area (Å²) in [5.41, 5.74) is 14.0. The van der Waals surface area contributed by atoms with Gasteiger partial charge in [0.25, 0.3) is 0 Å². The summed E-state index contributed by atoms with van der Waals surface area (Å²) in [5, 5.41) is 0. The Morgan fingerprint density at radius 2 is 1.95 bits per heavy atom. The van der Waals surface area contributed by atoms with Crippen LogP contribution in [0.3, 0.4) is 0 Å². The van der Waals surface area contributed by atoms with Gasteiger partial charge in [-0.05, 0) is 36.8 Å². The highest BCUT2D eigenvalue weighted by Gasteiger charge is 2.07. The third kappa shape index (κ3) is 3.04. The van der Waals surface area contributed by atoms with Crippen LogP contribution in [0.4, 0.5) is 5.69 Å². The van der Waals surface area contributed by atoms with E-state index in [9.17, 15) is 4.79 Å². The topological polar surface area (TPSA) is 78.3 Å². The summed E-state index contributed by atoms with van der Waals surface area (Å²) < 4.78 is 5.66. The molecule has 2 aromatic carbocycles. The fourth-order valence-electron chi connectivity index (χ4n) is 1.79. The van der Waals surface area contributed by atoms with Crippen LogP contribution in [0.15, 0.2) is 42.5 Å². The number of carbonyl (C=O) groups is 1. The van der Waals surface area contributed by atoms with Crippen LogP contribution in [0, 0.1) is 6.92 Å². The van der Waals surface area contributed by atoms with Gasteiger partial charge in [-0.3, -0.25) is 4.79 Å². The Kier molecular flexibility index (Phi) is 3.71. The zero-order chi connectivity index (χ0) is 13.8. The quantitative estimate of drug-likeness (QED) is 0.823. The van der Waals surface area contributed by atoms with E-state index >= 15 is 0 Å². The molecule has 0 saturated carbocycles. The van der Waals surface area contributed by atoms with Crippen molar-refractivity contribution in [3.05, 3.63) is 59.2 Å². The molecule has 4 nitrogen and oxygen atoms in total. The fourth-order valence-corrected chi connectivity index (χ4v) is 1.79. The minimum absolute atomic E-state index is 0.294. The number of hydrogen-bond acceptors (Lipinski definition) is 3. The molecule has 4 N–H and O–H groups in total. The summed E-state index contributed by atoms with van der Waals surface area (Å²) in [5.74, 6) is 0.263. The van der Waals surface area contributed by atoms with Gasteiger partial charge in [0.05, 0.1) is 0 Å². The molecule has 0 aromatic heterocycles. The maximum absolute atomic E-state index is 11.3. The molecular weight excluding hydrogens is 240 g/mol. The number of aryl methyl sites for hydroxylation is 1. The van der Waals surface area contributed by atoms with E-state index in [1.807, 2.05) is 25.1 Å². The van der Waals surface area contributed by atoms with Crippen molar-refractivity contribution < 1.29 is 9.53 Å². The Hall–Kier alpha value is -2.49. The average Bonchev–Trinajstić information content (AvgIpc) is 2.40. The standard InChI is InChI=1S/C15H16N2O2/c1-10-8-12(6-7-14(10)16)19-9-11-4-2-3-5-13(11)15(17)18/h2-8H,9,16H2,1H3,(H2,17,18). The van der Waals surface area contributed by atoms with Crippen LogP contribution in [0.1, 0.15) is 21.5 Å². The first-order chi connectivity index (χ1) is 9.08. The maximum atomic E-state index is 11.3. The number of nitrogen functional groups attached to an aromatic ring is 1. The van der Waals surface area contributed by atoms with E-state index in [1.54, 1.807) is 24.3 Å². The molecule has 19 heavy (non-hydrogen) atoms. The molecule has 98 valence electrons. The third-order valence-corrected chi connectivity index (χ3v) is 2.92. The largest absolute Gasteiger partial charge is 0.489 e. The molecule has 0 radical (unpaired) electrons. The molecule has 0 heterocycles. The molecule has 0 saturated heterocycles. The van der Waals surface area contributed by atoms with Gasteiger partial charge in [0, 0.05) is 16.8 Å². The summed E-state index contributed by atoms with van der Waals surface area (Å²) >= 11 is 0. The molecule has 2 aromatic rings. The monoisotopic (exact) mass is 256 g/mol. The summed E-state index contributed by atoms with van der Waals surface area (Å²) in [4.78, 5) is 11.3. The molecule has 0 fully saturated rings. The Labute approximate surface area is 112 Å². The van der Waals surface area contributed by atoms with E-state index < -0.39 is 5.91 Å². The van der Waals surface area contributed by atoms with Crippen LogP contribution in [0.5, 0.6) is 5.75 Å². The number of primary amides is 1. The molecule has 0 atom stereocenters. The number of anilines is 1. The molecule has 2 rings (SSSR count). The second-order valence-electron chi connectivity index (χ2n) is 4.33. The zero-order valence-electron chi connectivity index (χ0n) is 10.7. The van der Waals surface area contributed by atoms with E-state index in [2.05, 4.69) is 0 Å². The molecule has 0 bridgehead atoms. The lowest BCUT2D eigenvalue weighted by Crippen LogP contribution is -2.14. The van der Waals surface area contributed by atoms with Crippen molar-refractivity contribution in [1.82, 2.24) is 0 Å². The van der Waals surface area contributed by atoms with E-state index in [1.165, 1.54) is 0 Å². The summed E-state index contributed by atoms with van der Waals surface area (Å²) in [7, 11) is 0. The number of amides is 1. The molecule has 1 amide bonds. The number of nitrogens with two attached hydrogens (primary N) is 2. The zero-order valence-corrected chi connectivity index (χ0v) is 10.7. The predicted molar refractivity (Wildman–Crippen MR) is 74.9 cm³/mol. The second kappa shape index (κ2) is 5.44. The molecule has 0 spiro atoms. The summed E-state index contributed by atoms with van der Waals surface area (Å²) in [6, 6.07) is 12.6. The Morgan fingerprint density at radius 1 is 1.21 bits per heavy atom. The Bertz CT molecular complexity index is 609. The van der Waals surface area contributed by atoms with Gasteiger partial charge in [0.1, 0.15) is 12.4 Å².